The minimum Gasteiger partial charge on any atom is -0.508 e. The molecular weight excluding hydrogens is 336 g/mol. The van der Waals surface area contributed by atoms with Gasteiger partial charge in [-0.2, -0.15) is 0 Å². The summed E-state index contributed by atoms with van der Waals surface area (Å²) in [7, 11) is 0. The van der Waals surface area contributed by atoms with Crippen molar-refractivity contribution in [1.29, 1.82) is 0 Å². The molecule has 0 heterocycles. The summed E-state index contributed by atoms with van der Waals surface area (Å²) in [5.41, 5.74) is 2.61. The molecule has 2 aromatic carbocycles. The van der Waals surface area contributed by atoms with E-state index in [2.05, 4.69) is 39.8 Å². The highest BCUT2D eigenvalue weighted by atomic mass is 16.7. The molecule has 0 aliphatic heterocycles. The highest BCUT2D eigenvalue weighted by molar-refractivity contribution is 5.31. The molecule has 0 saturated carbocycles. The summed E-state index contributed by atoms with van der Waals surface area (Å²) in [6, 6.07) is 16.0. The summed E-state index contributed by atoms with van der Waals surface area (Å²) in [6.45, 7) is 11.4. The minimum absolute atomic E-state index is 0.241. The van der Waals surface area contributed by atoms with E-state index >= 15 is 0 Å². The van der Waals surface area contributed by atoms with Gasteiger partial charge in [0.25, 0.3) is 0 Å². The smallest absolute Gasteiger partial charge is 0.196 e. The summed E-state index contributed by atoms with van der Waals surface area (Å²) < 4.78 is 11.5. The standard InChI is InChI=1S/C24H34O3/c1-6-20(22-7-11-23(25)12-8-22)15-18(4)21-9-13-24(14-10-21)27-19(5)26-16-17(2)3/h7-14,17-20,25H,6,15-16H2,1-5H3. The zero-order valence-corrected chi connectivity index (χ0v) is 17.3. The molecule has 3 heteroatoms. The molecule has 0 aliphatic rings. The lowest BCUT2D eigenvalue weighted by Gasteiger charge is -2.21. The Kier molecular flexibility index (Phi) is 8.18. The summed E-state index contributed by atoms with van der Waals surface area (Å²) in [4.78, 5) is 0. The molecule has 0 spiro atoms. The Morgan fingerprint density at radius 1 is 0.852 bits per heavy atom. The lowest BCUT2D eigenvalue weighted by Crippen LogP contribution is -2.19. The van der Waals surface area contributed by atoms with Crippen molar-refractivity contribution in [3.63, 3.8) is 0 Å². The van der Waals surface area contributed by atoms with Gasteiger partial charge in [-0.05, 0) is 72.9 Å². The maximum absolute atomic E-state index is 9.50. The molecule has 0 aliphatic carbocycles. The van der Waals surface area contributed by atoms with Crippen molar-refractivity contribution in [2.45, 2.75) is 65.6 Å². The first kappa shape index (κ1) is 21.3. The molecule has 27 heavy (non-hydrogen) atoms. The van der Waals surface area contributed by atoms with Gasteiger partial charge in [0, 0.05) is 0 Å². The predicted molar refractivity (Wildman–Crippen MR) is 111 cm³/mol. The fourth-order valence-electron chi connectivity index (χ4n) is 3.28. The van der Waals surface area contributed by atoms with Crippen molar-refractivity contribution >= 4 is 0 Å². The van der Waals surface area contributed by atoms with E-state index in [1.54, 1.807) is 12.1 Å². The van der Waals surface area contributed by atoms with E-state index in [9.17, 15) is 5.11 Å². The third kappa shape index (κ3) is 6.91. The van der Waals surface area contributed by atoms with Crippen molar-refractivity contribution in [2.24, 2.45) is 5.92 Å². The molecule has 148 valence electrons. The van der Waals surface area contributed by atoms with Crippen LogP contribution in [0.25, 0.3) is 0 Å². The van der Waals surface area contributed by atoms with Gasteiger partial charge < -0.3 is 14.6 Å². The van der Waals surface area contributed by atoms with E-state index in [4.69, 9.17) is 9.47 Å². The zero-order valence-electron chi connectivity index (χ0n) is 17.3. The van der Waals surface area contributed by atoms with Crippen LogP contribution in [0.4, 0.5) is 0 Å². The number of hydrogen-bond donors (Lipinski definition) is 1. The van der Waals surface area contributed by atoms with Gasteiger partial charge in [-0.1, -0.05) is 52.0 Å². The van der Waals surface area contributed by atoms with Crippen LogP contribution in [0.2, 0.25) is 0 Å². The first-order valence-electron chi connectivity index (χ1n) is 10.1. The maximum Gasteiger partial charge on any atom is 0.196 e. The minimum atomic E-state index is -0.241. The molecule has 0 saturated heterocycles. The zero-order chi connectivity index (χ0) is 19.8. The van der Waals surface area contributed by atoms with Crippen LogP contribution in [-0.4, -0.2) is 18.0 Å². The second-order valence-electron chi connectivity index (χ2n) is 7.82. The third-order valence-electron chi connectivity index (χ3n) is 4.91. The number of phenolic OH excluding ortho intramolecular Hbond substituents is 1. The molecule has 0 radical (unpaired) electrons. The summed E-state index contributed by atoms with van der Waals surface area (Å²) in [5.74, 6) is 2.60. The number of ether oxygens (including phenoxy) is 2. The first-order chi connectivity index (χ1) is 12.9. The van der Waals surface area contributed by atoms with Crippen LogP contribution in [0.3, 0.4) is 0 Å². The number of aromatic hydroxyl groups is 1. The quantitative estimate of drug-likeness (QED) is 0.487. The van der Waals surface area contributed by atoms with Gasteiger partial charge in [0.1, 0.15) is 11.5 Å². The molecule has 2 aromatic rings. The lowest BCUT2D eigenvalue weighted by molar-refractivity contribution is -0.0755. The van der Waals surface area contributed by atoms with Crippen LogP contribution in [0.15, 0.2) is 48.5 Å². The van der Waals surface area contributed by atoms with Crippen LogP contribution in [0.5, 0.6) is 11.5 Å². The van der Waals surface area contributed by atoms with Crippen molar-refractivity contribution in [1.82, 2.24) is 0 Å². The molecule has 0 aromatic heterocycles. The molecule has 3 atom stereocenters. The lowest BCUT2D eigenvalue weighted by atomic mass is 9.84. The van der Waals surface area contributed by atoms with Gasteiger partial charge in [0.15, 0.2) is 6.29 Å². The second-order valence-corrected chi connectivity index (χ2v) is 7.82. The van der Waals surface area contributed by atoms with E-state index < -0.39 is 0 Å². The highest BCUT2D eigenvalue weighted by Gasteiger charge is 2.15. The Balaban J connectivity index is 1.94. The molecule has 3 nitrogen and oxygen atoms in total. The van der Waals surface area contributed by atoms with Crippen LogP contribution < -0.4 is 4.74 Å². The normalized spacial score (nSPS) is 14.7. The molecule has 3 unspecified atom stereocenters. The molecular formula is C24H34O3. The Morgan fingerprint density at radius 2 is 1.44 bits per heavy atom. The summed E-state index contributed by atoms with van der Waals surface area (Å²) in [5, 5.41) is 9.50. The van der Waals surface area contributed by atoms with E-state index in [0.717, 1.165) is 18.6 Å². The van der Waals surface area contributed by atoms with E-state index in [1.165, 1.54) is 11.1 Å². The summed E-state index contributed by atoms with van der Waals surface area (Å²) >= 11 is 0. The Hall–Kier alpha value is -2.00. The van der Waals surface area contributed by atoms with Gasteiger partial charge in [-0.15, -0.1) is 0 Å². The first-order valence-corrected chi connectivity index (χ1v) is 10.1. The highest BCUT2D eigenvalue weighted by Crippen LogP contribution is 2.33. The average molecular weight is 371 g/mol. The number of hydrogen-bond acceptors (Lipinski definition) is 3. The number of phenols is 1. The van der Waals surface area contributed by atoms with Crippen LogP contribution in [0, 0.1) is 5.92 Å². The van der Waals surface area contributed by atoms with Crippen molar-refractivity contribution < 1.29 is 14.6 Å². The van der Waals surface area contributed by atoms with Crippen LogP contribution in [0.1, 0.15) is 70.4 Å². The second kappa shape index (κ2) is 10.4. The van der Waals surface area contributed by atoms with Gasteiger partial charge in [-0.25, -0.2) is 0 Å². The Bertz CT molecular complexity index is 661. The van der Waals surface area contributed by atoms with Crippen LogP contribution >= 0.6 is 0 Å². The molecule has 0 fully saturated rings. The van der Waals surface area contributed by atoms with Crippen molar-refractivity contribution in [3.8, 4) is 11.5 Å². The van der Waals surface area contributed by atoms with Gasteiger partial charge in [0.2, 0.25) is 0 Å². The monoisotopic (exact) mass is 370 g/mol. The van der Waals surface area contributed by atoms with Crippen molar-refractivity contribution in [3.05, 3.63) is 59.7 Å². The fourth-order valence-corrected chi connectivity index (χ4v) is 3.28. The van der Waals surface area contributed by atoms with E-state index in [0.29, 0.717) is 30.1 Å². The summed E-state index contributed by atoms with van der Waals surface area (Å²) in [6.07, 6.45) is 1.92. The predicted octanol–water partition coefficient (Wildman–Crippen LogP) is 6.48. The van der Waals surface area contributed by atoms with Gasteiger partial charge in [0.05, 0.1) is 6.61 Å². The SMILES string of the molecule is CCC(CC(C)c1ccc(OC(C)OCC(C)C)cc1)c1ccc(O)cc1. The van der Waals surface area contributed by atoms with Gasteiger partial charge >= 0.3 is 0 Å². The molecule has 0 bridgehead atoms. The van der Waals surface area contributed by atoms with Crippen LogP contribution in [-0.2, 0) is 4.74 Å². The van der Waals surface area contributed by atoms with E-state index in [1.807, 2.05) is 31.2 Å². The number of benzene rings is 2. The molecule has 2 rings (SSSR count). The largest absolute Gasteiger partial charge is 0.508 e. The van der Waals surface area contributed by atoms with E-state index in [-0.39, 0.29) is 6.29 Å². The fraction of sp³-hybridized carbons (Fsp3) is 0.500. The Morgan fingerprint density at radius 3 is 2.00 bits per heavy atom. The maximum atomic E-state index is 9.50. The molecule has 1 N–H and O–H groups in total. The third-order valence-corrected chi connectivity index (χ3v) is 4.91. The Labute approximate surface area is 164 Å². The molecule has 0 amide bonds. The van der Waals surface area contributed by atoms with Gasteiger partial charge in [-0.3, -0.25) is 0 Å². The topological polar surface area (TPSA) is 38.7 Å². The average Bonchev–Trinajstić information content (AvgIpc) is 2.65. The van der Waals surface area contributed by atoms with Crippen molar-refractivity contribution in [2.75, 3.05) is 6.61 Å². The number of rotatable bonds is 10.